The van der Waals surface area contributed by atoms with Crippen LogP contribution >= 0.6 is 0 Å². The molecule has 1 aromatic carbocycles. The van der Waals surface area contributed by atoms with Crippen molar-refractivity contribution in [1.82, 2.24) is 5.32 Å². The smallest absolute Gasteiger partial charge is 0.231 e. The summed E-state index contributed by atoms with van der Waals surface area (Å²) in [6, 6.07) is 5.83. The molecule has 1 heterocycles. The molecule has 0 aromatic heterocycles. The van der Waals surface area contributed by atoms with Gasteiger partial charge in [-0.3, -0.25) is 0 Å². The second kappa shape index (κ2) is 6.75. The molecule has 1 aliphatic rings. The minimum Gasteiger partial charge on any atom is -0.454 e. The number of fused-ring (bicyclic) bond motifs is 1. The number of rotatable bonds is 7. The molecule has 0 bridgehead atoms. The van der Waals surface area contributed by atoms with Crippen LogP contribution in [-0.2, 0) is 4.74 Å². The van der Waals surface area contributed by atoms with Crippen LogP contribution in [0.1, 0.15) is 25.0 Å². The largest absolute Gasteiger partial charge is 0.454 e. The Morgan fingerprint density at radius 2 is 2.16 bits per heavy atom. The number of hydrogen-bond acceptors (Lipinski definition) is 5. The number of hydrogen-bond donors (Lipinski definition) is 2. The van der Waals surface area contributed by atoms with Crippen LogP contribution in [0.4, 0.5) is 0 Å². The first-order valence-corrected chi connectivity index (χ1v) is 6.50. The molecule has 1 aliphatic heterocycles. The van der Waals surface area contributed by atoms with Crippen LogP contribution in [0.2, 0.25) is 0 Å². The summed E-state index contributed by atoms with van der Waals surface area (Å²) in [4.78, 5) is 0. The molecule has 2 atom stereocenters. The van der Waals surface area contributed by atoms with Crippen LogP contribution < -0.4 is 14.8 Å². The Morgan fingerprint density at radius 1 is 1.37 bits per heavy atom. The summed E-state index contributed by atoms with van der Waals surface area (Å²) >= 11 is 0. The molecule has 0 amide bonds. The molecule has 2 unspecified atom stereocenters. The van der Waals surface area contributed by atoms with Crippen LogP contribution in [0.15, 0.2) is 18.2 Å². The van der Waals surface area contributed by atoms with Gasteiger partial charge in [-0.05, 0) is 31.0 Å². The van der Waals surface area contributed by atoms with Gasteiger partial charge in [0.05, 0.1) is 6.10 Å². The number of ether oxygens (including phenoxy) is 3. The van der Waals surface area contributed by atoms with Crippen LogP contribution in [-0.4, -0.2) is 38.2 Å². The summed E-state index contributed by atoms with van der Waals surface area (Å²) in [6.07, 6.45) is 0.365. The lowest BCUT2D eigenvalue weighted by Gasteiger charge is -2.17. The molecule has 1 aromatic rings. The van der Waals surface area contributed by atoms with E-state index in [0.29, 0.717) is 24.9 Å². The van der Waals surface area contributed by atoms with E-state index in [1.807, 2.05) is 18.2 Å². The third-order valence-corrected chi connectivity index (χ3v) is 3.20. The Bertz CT molecular complexity index is 410. The van der Waals surface area contributed by atoms with E-state index < -0.39 is 6.10 Å². The number of methoxy groups -OCH3 is 1. The third kappa shape index (κ3) is 3.83. The van der Waals surface area contributed by atoms with Crippen LogP contribution in [0.5, 0.6) is 11.5 Å². The van der Waals surface area contributed by atoms with Gasteiger partial charge in [0.2, 0.25) is 6.79 Å². The minimum atomic E-state index is -0.556. The molecule has 0 saturated heterocycles. The van der Waals surface area contributed by atoms with Crippen molar-refractivity contribution in [3.63, 3.8) is 0 Å². The number of aliphatic hydroxyl groups is 1. The molecule has 0 aliphatic carbocycles. The van der Waals surface area contributed by atoms with Gasteiger partial charge in [-0.2, -0.15) is 0 Å². The highest BCUT2D eigenvalue weighted by molar-refractivity contribution is 5.45. The maximum Gasteiger partial charge on any atom is 0.231 e. The van der Waals surface area contributed by atoms with Gasteiger partial charge in [0.15, 0.2) is 11.5 Å². The molecule has 19 heavy (non-hydrogen) atoms. The molecule has 0 saturated carbocycles. The number of nitrogens with one attached hydrogen (secondary N) is 1. The second-order valence-corrected chi connectivity index (χ2v) is 4.72. The van der Waals surface area contributed by atoms with Gasteiger partial charge in [-0.1, -0.05) is 6.07 Å². The Labute approximate surface area is 113 Å². The Kier molecular flexibility index (Phi) is 5.01. The quantitative estimate of drug-likeness (QED) is 0.783. The van der Waals surface area contributed by atoms with Crippen molar-refractivity contribution in [1.29, 1.82) is 0 Å². The molecule has 5 heteroatoms. The van der Waals surface area contributed by atoms with E-state index in [1.165, 1.54) is 0 Å². The van der Waals surface area contributed by atoms with Crippen LogP contribution in [0.3, 0.4) is 0 Å². The maximum atomic E-state index is 10.1. The Hall–Kier alpha value is -1.30. The Balaban J connectivity index is 1.84. The van der Waals surface area contributed by atoms with E-state index in [0.717, 1.165) is 17.7 Å². The summed E-state index contributed by atoms with van der Waals surface area (Å²) in [7, 11) is 1.69. The first-order chi connectivity index (χ1) is 9.20. The zero-order valence-electron chi connectivity index (χ0n) is 11.4. The van der Waals surface area contributed by atoms with Gasteiger partial charge < -0.3 is 24.6 Å². The van der Waals surface area contributed by atoms with E-state index in [2.05, 4.69) is 12.2 Å². The fourth-order valence-corrected chi connectivity index (χ4v) is 1.95. The van der Waals surface area contributed by atoms with Crippen LogP contribution in [0, 0.1) is 0 Å². The van der Waals surface area contributed by atoms with Gasteiger partial charge in [-0.25, -0.2) is 0 Å². The number of benzene rings is 1. The zero-order chi connectivity index (χ0) is 13.7. The van der Waals surface area contributed by atoms with Crippen molar-refractivity contribution in [2.45, 2.75) is 25.5 Å². The summed E-state index contributed by atoms with van der Waals surface area (Å²) in [5, 5.41) is 13.4. The molecule has 2 rings (SSSR count). The summed E-state index contributed by atoms with van der Waals surface area (Å²) < 4.78 is 15.6. The molecule has 0 spiro atoms. The lowest BCUT2D eigenvalue weighted by Crippen LogP contribution is -2.31. The first-order valence-electron chi connectivity index (χ1n) is 6.50. The van der Waals surface area contributed by atoms with Crippen molar-refractivity contribution in [2.75, 3.05) is 27.1 Å². The first kappa shape index (κ1) is 14.1. The lowest BCUT2D eigenvalue weighted by molar-refractivity contribution is 0.157. The monoisotopic (exact) mass is 267 g/mol. The molecule has 5 nitrogen and oxygen atoms in total. The summed E-state index contributed by atoms with van der Waals surface area (Å²) in [5.41, 5.74) is 0.829. The minimum absolute atomic E-state index is 0.251. The topological polar surface area (TPSA) is 60.0 Å². The predicted molar refractivity (Wildman–Crippen MR) is 71.5 cm³/mol. The Morgan fingerprint density at radius 3 is 2.95 bits per heavy atom. The second-order valence-electron chi connectivity index (χ2n) is 4.72. The van der Waals surface area contributed by atoms with Gasteiger partial charge in [0.25, 0.3) is 0 Å². The number of aliphatic hydroxyl groups excluding tert-OH is 1. The summed E-state index contributed by atoms with van der Waals surface area (Å²) in [5.74, 6) is 1.43. The van der Waals surface area contributed by atoms with E-state index in [9.17, 15) is 5.11 Å². The van der Waals surface area contributed by atoms with Crippen molar-refractivity contribution >= 4 is 0 Å². The fourth-order valence-electron chi connectivity index (χ4n) is 1.95. The predicted octanol–water partition coefficient (Wildman–Crippen LogP) is 1.46. The fraction of sp³-hybridized carbons (Fsp3) is 0.571. The average Bonchev–Trinajstić information content (AvgIpc) is 2.89. The highest BCUT2D eigenvalue weighted by Crippen LogP contribution is 2.34. The zero-order valence-corrected chi connectivity index (χ0v) is 11.4. The standard InChI is InChI=1S/C14H21NO4/c1-10(5-6-17-2)15-8-12(16)11-3-4-13-14(7-11)19-9-18-13/h3-4,7,10,12,15-16H,5-6,8-9H2,1-2H3. The normalized spacial score (nSPS) is 16.4. The van der Waals surface area contributed by atoms with Crippen molar-refractivity contribution in [3.8, 4) is 11.5 Å². The molecule has 0 fully saturated rings. The van der Waals surface area contributed by atoms with Crippen molar-refractivity contribution in [2.24, 2.45) is 0 Å². The highest BCUT2D eigenvalue weighted by Gasteiger charge is 2.16. The van der Waals surface area contributed by atoms with E-state index in [4.69, 9.17) is 14.2 Å². The van der Waals surface area contributed by atoms with Crippen molar-refractivity contribution < 1.29 is 19.3 Å². The summed E-state index contributed by atoms with van der Waals surface area (Å²) in [6.45, 7) is 3.55. The van der Waals surface area contributed by atoms with Gasteiger partial charge in [-0.15, -0.1) is 0 Å². The lowest BCUT2D eigenvalue weighted by atomic mass is 10.1. The van der Waals surface area contributed by atoms with E-state index in [1.54, 1.807) is 7.11 Å². The van der Waals surface area contributed by atoms with Crippen molar-refractivity contribution in [3.05, 3.63) is 23.8 Å². The van der Waals surface area contributed by atoms with E-state index >= 15 is 0 Å². The van der Waals surface area contributed by atoms with Crippen LogP contribution in [0.25, 0.3) is 0 Å². The molecule has 0 radical (unpaired) electrons. The molecular weight excluding hydrogens is 246 g/mol. The van der Waals surface area contributed by atoms with Gasteiger partial charge in [0.1, 0.15) is 0 Å². The van der Waals surface area contributed by atoms with Gasteiger partial charge >= 0.3 is 0 Å². The molecular formula is C14H21NO4. The third-order valence-electron chi connectivity index (χ3n) is 3.20. The maximum absolute atomic E-state index is 10.1. The molecule has 2 N–H and O–H groups in total. The van der Waals surface area contributed by atoms with E-state index in [-0.39, 0.29) is 6.79 Å². The average molecular weight is 267 g/mol. The highest BCUT2D eigenvalue weighted by atomic mass is 16.7. The molecule has 106 valence electrons. The van der Waals surface area contributed by atoms with Gasteiger partial charge in [0, 0.05) is 26.3 Å². The SMILES string of the molecule is COCCC(C)NCC(O)c1ccc2c(c1)OCO2.